The van der Waals surface area contributed by atoms with E-state index in [0.29, 0.717) is 23.0 Å². The lowest BCUT2D eigenvalue weighted by molar-refractivity contribution is 0.402. The van der Waals surface area contributed by atoms with Crippen molar-refractivity contribution in [3.8, 4) is 0 Å². The lowest BCUT2D eigenvalue weighted by Crippen LogP contribution is -2.24. The van der Waals surface area contributed by atoms with E-state index in [2.05, 4.69) is 38.6 Å². The van der Waals surface area contributed by atoms with Gasteiger partial charge < -0.3 is 10.2 Å². The van der Waals surface area contributed by atoms with E-state index in [4.69, 9.17) is 0 Å². The highest BCUT2D eigenvalue weighted by Gasteiger charge is 2.26. The molecule has 4 aromatic rings. The van der Waals surface area contributed by atoms with Gasteiger partial charge in [0.15, 0.2) is 0 Å². The van der Waals surface area contributed by atoms with Crippen LogP contribution in [0.2, 0.25) is 0 Å². The topological polar surface area (TPSA) is 61.0 Å². The summed E-state index contributed by atoms with van der Waals surface area (Å²) in [5, 5.41) is 11.1. The molecule has 0 amide bonds. The van der Waals surface area contributed by atoms with Gasteiger partial charge in [0.25, 0.3) is 5.56 Å². The minimum Gasteiger partial charge on any atom is -0.383 e. The van der Waals surface area contributed by atoms with E-state index in [1.807, 2.05) is 47.9 Å². The average molecular weight is 495 g/mol. The number of benzene rings is 3. The molecular formula is C29H36F2N4O. The molecule has 0 aliphatic carbocycles. The number of halogens is 2. The highest BCUT2D eigenvalue weighted by molar-refractivity contribution is 5.97. The van der Waals surface area contributed by atoms with Crippen molar-refractivity contribution < 1.29 is 8.78 Å². The minimum absolute atomic E-state index is 0.000534. The fraction of sp³-hybridized carbons (Fsp3) is 0.310. The number of hydrogen-bond donors (Lipinski definition) is 2. The molecule has 5 nitrogen and oxygen atoms in total. The molecule has 0 saturated carbocycles. The summed E-state index contributed by atoms with van der Waals surface area (Å²) >= 11 is 0. The Kier molecular flexibility index (Phi) is 11.2. The number of hydrogen-bond acceptors (Lipinski definition) is 4. The van der Waals surface area contributed by atoms with Crippen LogP contribution in [0.3, 0.4) is 0 Å². The Labute approximate surface area is 212 Å². The number of nitrogens with zero attached hydrogens (tertiary/aromatic N) is 2. The summed E-state index contributed by atoms with van der Waals surface area (Å²) in [5.41, 5.74) is 3.38. The van der Waals surface area contributed by atoms with Gasteiger partial charge in [-0.25, -0.2) is 13.9 Å². The third-order valence-corrected chi connectivity index (χ3v) is 5.29. The van der Waals surface area contributed by atoms with Crippen molar-refractivity contribution in [1.29, 1.82) is 0 Å². The van der Waals surface area contributed by atoms with Crippen LogP contribution >= 0.6 is 0 Å². The van der Waals surface area contributed by atoms with Crippen molar-refractivity contribution in [2.45, 2.75) is 40.2 Å². The van der Waals surface area contributed by atoms with Gasteiger partial charge in [0.2, 0.25) is 0 Å². The van der Waals surface area contributed by atoms with Gasteiger partial charge >= 0.3 is 0 Å². The number of aromatic amines is 1. The molecule has 7 heteroatoms. The molecule has 0 radical (unpaired) electrons. The number of aromatic nitrogens is 2. The molecule has 0 bridgehead atoms. The van der Waals surface area contributed by atoms with Crippen molar-refractivity contribution in [3.63, 3.8) is 0 Å². The van der Waals surface area contributed by atoms with E-state index in [9.17, 15) is 13.6 Å². The summed E-state index contributed by atoms with van der Waals surface area (Å²) in [6.07, 6.45) is 0. The molecule has 0 fully saturated rings. The maximum Gasteiger partial charge on any atom is 0.272 e. The summed E-state index contributed by atoms with van der Waals surface area (Å²) in [4.78, 5) is 14.2. The Morgan fingerprint density at radius 2 is 1.61 bits per heavy atom. The smallest absolute Gasteiger partial charge is 0.272 e. The quantitative estimate of drug-likeness (QED) is 0.339. The molecule has 36 heavy (non-hydrogen) atoms. The zero-order chi connectivity index (χ0) is 26.7. The number of nitrogens with one attached hydrogen (secondary N) is 2. The Morgan fingerprint density at radius 1 is 0.917 bits per heavy atom. The molecule has 5 rings (SSSR count). The van der Waals surface area contributed by atoms with Gasteiger partial charge in [0.1, 0.15) is 11.6 Å². The molecular weight excluding hydrogens is 458 g/mol. The summed E-state index contributed by atoms with van der Waals surface area (Å²) in [6, 6.07) is 19.0. The normalized spacial score (nSPS) is 13.3. The number of anilines is 1. The fourth-order valence-electron chi connectivity index (χ4n) is 3.95. The van der Waals surface area contributed by atoms with Crippen molar-refractivity contribution in [2.75, 3.05) is 26.0 Å². The lowest BCUT2D eigenvalue weighted by Gasteiger charge is -2.26. The van der Waals surface area contributed by atoms with Gasteiger partial charge in [-0.15, -0.1) is 0 Å². The van der Waals surface area contributed by atoms with Crippen LogP contribution in [0.15, 0.2) is 71.5 Å². The molecule has 1 aromatic heterocycles. The van der Waals surface area contributed by atoms with Crippen molar-refractivity contribution in [2.24, 2.45) is 0 Å². The Morgan fingerprint density at radius 3 is 2.22 bits per heavy atom. The van der Waals surface area contributed by atoms with E-state index in [-0.39, 0.29) is 17.3 Å². The molecule has 0 saturated heterocycles. The van der Waals surface area contributed by atoms with Crippen LogP contribution in [-0.4, -0.2) is 35.7 Å². The lowest BCUT2D eigenvalue weighted by atomic mass is 9.88. The van der Waals surface area contributed by atoms with Gasteiger partial charge in [0, 0.05) is 30.1 Å². The maximum atomic E-state index is 13.8. The van der Waals surface area contributed by atoms with Gasteiger partial charge in [0.05, 0.1) is 11.1 Å². The summed E-state index contributed by atoms with van der Waals surface area (Å²) in [6.45, 7) is 9.46. The predicted molar refractivity (Wildman–Crippen MR) is 146 cm³/mol. The second-order valence-corrected chi connectivity index (χ2v) is 8.03. The summed E-state index contributed by atoms with van der Waals surface area (Å²) in [5.74, 6) is -0.606. The zero-order valence-electron chi connectivity index (χ0n) is 21.9. The molecule has 1 unspecified atom stereocenters. The third-order valence-electron chi connectivity index (χ3n) is 5.29. The Bertz CT molecular complexity index is 1290. The molecule has 1 aliphatic rings. The number of H-pyrrole nitrogens is 1. The first kappa shape index (κ1) is 28.7. The van der Waals surface area contributed by atoms with E-state index in [0.717, 1.165) is 17.8 Å². The van der Waals surface area contributed by atoms with E-state index >= 15 is 0 Å². The third kappa shape index (κ3) is 7.21. The molecule has 0 spiro atoms. The summed E-state index contributed by atoms with van der Waals surface area (Å²) in [7, 11) is 4.07. The van der Waals surface area contributed by atoms with Crippen LogP contribution in [-0.2, 0) is 6.54 Å². The zero-order valence-corrected chi connectivity index (χ0v) is 21.9. The molecule has 192 valence electrons. The second kappa shape index (κ2) is 14.1. The van der Waals surface area contributed by atoms with Gasteiger partial charge in [-0.05, 0) is 49.5 Å². The summed E-state index contributed by atoms with van der Waals surface area (Å²) < 4.78 is 25.7. The largest absolute Gasteiger partial charge is 0.383 e. The van der Waals surface area contributed by atoms with E-state index in [1.54, 1.807) is 18.2 Å². The molecule has 2 N–H and O–H groups in total. The Hall–Kier alpha value is -3.58. The number of rotatable bonds is 3. The van der Waals surface area contributed by atoms with Crippen LogP contribution in [0, 0.1) is 11.6 Å². The SMILES string of the molecule is CC.CC.CN(C)Cc1cccc(C2CNc3cc(F)cc4c(=O)[nH]nc2c34)c1.Fc1ccccc1. The van der Waals surface area contributed by atoms with Crippen molar-refractivity contribution >= 4 is 16.5 Å². The van der Waals surface area contributed by atoms with Crippen molar-refractivity contribution in [1.82, 2.24) is 15.1 Å². The fourth-order valence-corrected chi connectivity index (χ4v) is 3.95. The minimum atomic E-state index is -0.427. The standard InChI is InChI=1S/C19H19FN4O.C6H5F.2C2H6/c1-24(2)10-11-4-3-5-12(6-11)15-9-21-16-8-13(20)7-14-17(16)18(15)22-23-19(14)25;7-6-4-2-1-3-5-6;2*1-2/h3-8,15,21H,9-10H2,1-2H3,(H,23,25);1-5H;2*1-2H3. The van der Waals surface area contributed by atoms with Crippen molar-refractivity contribution in [3.05, 3.63) is 106 Å². The molecule has 1 aliphatic heterocycles. The van der Waals surface area contributed by atoms with E-state index < -0.39 is 5.82 Å². The highest BCUT2D eigenvalue weighted by atomic mass is 19.1. The van der Waals surface area contributed by atoms with E-state index in [1.165, 1.54) is 29.8 Å². The first-order valence-electron chi connectivity index (χ1n) is 12.3. The van der Waals surface area contributed by atoms with Crippen LogP contribution in [0.1, 0.15) is 50.4 Å². The van der Waals surface area contributed by atoms with Gasteiger partial charge in [-0.2, -0.15) is 5.10 Å². The molecule has 2 heterocycles. The van der Waals surface area contributed by atoms with Gasteiger partial charge in [-0.3, -0.25) is 4.79 Å². The Balaban J connectivity index is 0.000000351. The predicted octanol–water partition coefficient (Wildman–Crippen LogP) is 6.56. The first-order valence-corrected chi connectivity index (χ1v) is 12.3. The van der Waals surface area contributed by atoms with Crippen LogP contribution < -0.4 is 10.9 Å². The first-order chi connectivity index (χ1) is 17.4. The van der Waals surface area contributed by atoms with Crippen LogP contribution in [0.25, 0.3) is 10.8 Å². The van der Waals surface area contributed by atoms with Crippen LogP contribution in [0.5, 0.6) is 0 Å². The maximum absolute atomic E-state index is 13.8. The molecule has 1 atom stereocenters. The monoisotopic (exact) mass is 494 g/mol. The highest BCUT2D eigenvalue weighted by Crippen LogP contribution is 2.37. The molecule has 3 aromatic carbocycles. The van der Waals surface area contributed by atoms with Gasteiger partial charge in [-0.1, -0.05) is 70.2 Å². The van der Waals surface area contributed by atoms with Crippen LogP contribution in [0.4, 0.5) is 14.5 Å². The second-order valence-electron chi connectivity index (χ2n) is 8.03. The average Bonchev–Trinajstić information content (AvgIpc) is 2.89.